The first kappa shape index (κ1) is 19.6. The lowest BCUT2D eigenvalue weighted by Gasteiger charge is -2.22. The van der Waals surface area contributed by atoms with Gasteiger partial charge in [-0.15, -0.1) is 0 Å². The number of hydrogen-bond donors (Lipinski definition) is 1. The molecule has 0 bridgehead atoms. The van der Waals surface area contributed by atoms with Crippen molar-refractivity contribution in [3.63, 3.8) is 0 Å². The van der Waals surface area contributed by atoms with Crippen LogP contribution >= 0.6 is 19.7 Å². The first-order valence-electron chi connectivity index (χ1n) is 8.68. The molecule has 4 nitrogen and oxygen atoms in total. The number of fused-ring (bicyclic) bond motifs is 1. The smallest absolute Gasteiger partial charge is 0.314 e. The highest BCUT2D eigenvalue weighted by Gasteiger charge is 2.24. The molecule has 1 N–H and O–H groups in total. The van der Waals surface area contributed by atoms with Crippen molar-refractivity contribution in [3.8, 4) is 5.75 Å². The van der Waals surface area contributed by atoms with E-state index in [4.69, 9.17) is 21.5 Å². The minimum absolute atomic E-state index is 0.349. The van der Waals surface area contributed by atoms with Crippen molar-refractivity contribution in [3.05, 3.63) is 78.4 Å². The van der Waals surface area contributed by atoms with Crippen LogP contribution in [0.5, 0.6) is 5.75 Å². The summed E-state index contributed by atoms with van der Waals surface area (Å²) >= 11 is 5.32. The molecule has 3 aromatic carbocycles. The Morgan fingerprint density at radius 2 is 1.70 bits per heavy atom. The molecule has 1 unspecified atom stereocenters. The summed E-state index contributed by atoms with van der Waals surface area (Å²) in [4.78, 5) is 0. The molecule has 0 aliphatic heterocycles. The Balaban J connectivity index is 1.63. The van der Waals surface area contributed by atoms with Gasteiger partial charge in [-0.1, -0.05) is 66.7 Å². The Hall–Kier alpha value is -2.20. The lowest BCUT2D eigenvalue weighted by Crippen LogP contribution is -2.33. The first-order chi connectivity index (χ1) is 12.9. The molecular formula is C21H22NO3PS. The maximum absolute atomic E-state index is 13.0. The lowest BCUT2D eigenvalue weighted by molar-refractivity contribution is 0.286. The monoisotopic (exact) mass is 399 g/mol. The molecule has 27 heavy (non-hydrogen) atoms. The minimum atomic E-state index is -3.14. The summed E-state index contributed by atoms with van der Waals surface area (Å²) in [5.74, 6) is 0.578. The molecular weight excluding hydrogens is 377 g/mol. The largest absolute Gasteiger partial charge is 0.481 e. The Morgan fingerprint density at radius 1 is 1.04 bits per heavy atom. The Kier molecular flexibility index (Phi) is 6.27. The second kappa shape index (κ2) is 8.66. The number of nitrogens with one attached hydrogen (secondary N) is 1. The van der Waals surface area contributed by atoms with Gasteiger partial charge in [0.15, 0.2) is 5.05 Å². The van der Waals surface area contributed by atoms with Crippen molar-refractivity contribution in [1.82, 2.24) is 5.09 Å². The van der Waals surface area contributed by atoms with E-state index >= 15 is 0 Å². The summed E-state index contributed by atoms with van der Waals surface area (Å²) in [6, 6.07) is 22.9. The predicted octanol–water partition coefficient (Wildman–Crippen LogP) is 5.56. The summed E-state index contributed by atoms with van der Waals surface area (Å²) in [6.07, 6.45) is 0. The molecule has 0 amide bonds. The number of ether oxygens (including phenoxy) is 1. The molecule has 3 aromatic rings. The van der Waals surface area contributed by atoms with Crippen LogP contribution in [0.4, 0.5) is 0 Å². The normalized spacial score (nSPS) is 14.3. The van der Waals surface area contributed by atoms with Crippen molar-refractivity contribution in [1.29, 1.82) is 0 Å². The maximum atomic E-state index is 13.0. The quantitative estimate of drug-likeness (QED) is 0.416. The number of thiocarbonyl (C=S) groups is 1. The van der Waals surface area contributed by atoms with E-state index < -0.39 is 13.6 Å². The van der Waals surface area contributed by atoms with E-state index in [2.05, 4.69) is 5.09 Å². The molecule has 0 aliphatic rings. The highest BCUT2D eigenvalue weighted by Crippen LogP contribution is 2.42. The summed E-state index contributed by atoms with van der Waals surface area (Å²) in [6.45, 7) is 3.74. The zero-order chi connectivity index (χ0) is 19.3. The molecule has 0 aliphatic carbocycles. The van der Waals surface area contributed by atoms with Gasteiger partial charge >= 0.3 is 7.52 Å². The van der Waals surface area contributed by atoms with Crippen molar-refractivity contribution < 1.29 is 13.8 Å². The summed E-state index contributed by atoms with van der Waals surface area (Å²) < 4.78 is 24.4. The van der Waals surface area contributed by atoms with E-state index in [0.29, 0.717) is 17.4 Å². The van der Waals surface area contributed by atoms with E-state index in [9.17, 15) is 4.57 Å². The summed E-state index contributed by atoms with van der Waals surface area (Å²) in [7, 11) is -3.14. The topological polar surface area (TPSA) is 47.6 Å². The van der Waals surface area contributed by atoms with Crippen LogP contribution in [0.15, 0.2) is 72.8 Å². The summed E-state index contributed by atoms with van der Waals surface area (Å²) in [5, 5.41) is 5.27. The number of rotatable bonds is 7. The van der Waals surface area contributed by atoms with Gasteiger partial charge in [0.25, 0.3) is 0 Å². The van der Waals surface area contributed by atoms with Crippen molar-refractivity contribution in [2.75, 3.05) is 6.66 Å². The molecule has 0 fully saturated rings. The van der Waals surface area contributed by atoms with Crippen molar-refractivity contribution in [2.45, 2.75) is 19.6 Å². The van der Waals surface area contributed by atoms with Gasteiger partial charge in [-0.05, 0) is 36.2 Å². The van der Waals surface area contributed by atoms with Crippen LogP contribution in [0.1, 0.15) is 12.5 Å². The van der Waals surface area contributed by atoms with Gasteiger partial charge in [-0.3, -0.25) is 4.57 Å². The van der Waals surface area contributed by atoms with Gasteiger partial charge < -0.3 is 9.26 Å². The minimum Gasteiger partial charge on any atom is -0.481 e. The third-order valence-corrected chi connectivity index (χ3v) is 5.90. The second-order valence-corrected chi connectivity index (χ2v) is 8.89. The Bertz CT molecular complexity index is 972. The molecule has 0 heterocycles. The molecule has 0 aromatic heterocycles. The average Bonchev–Trinajstić information content (AvgIpc) is 2.66. The lowest BCUT2D eigenvalue weighted by atomic mass is 10.1. The van der Waals surface area contributed by atoms with Gasteiger partial charge in [0, 0.05) is 12.1 Å². The number of hydrogen-bond acceptors (Lipinski definition) is 4. The molecule has 0 radical (unpaired) electrons. The highest BCUT2D eigenvalue weighted by molar-refractivity contribution is 7.80. The Labute approximate surface area is 165 Å². The summed E-state index contributed by atoms with van der Waals surface area (Å²) in [5.41, 5.74) is 1.03. The fourth-order valence-electron chi connectivity index (χ4n) is 2.75. The molecule has 0 saturated heterocycles. The third kappa shape index (κ3) is 5.39. The van der Waals surface area contributed by atoms with Crippen LogP contribution in [0.25, 0.3) is 10.8 Å². The van der Waals surface area contributed by atoms with E-state index in [-0.39, 0.29) is 0 Å². The number of benzene rings is 3. The van der Waals surface area contributed by atoms with E-state index in [1.807, 2.05) is 79.7 Å². The van der Waals surface area contributed by atoms with Crippen LogP contribution in [-0.2, 0) is 15.9 Å². The van der Waals surface area contributed by atoms with Gasteiger partial charge in [-0.2, -0.15) is 0 Å². The molecule has 0 spiro atoms. The van der Waals surface area contributed by atoms with Crippen LogP contribution in [0.3, 0.4) is 0 Å². The van der Waals surface area contributed by atoms with Gasteiger partial charge in [0.1, 0.15) is 12.4 Å². The molecule has 140 valence electrons. The first-order valence-corrected chi connectivity index (χ1v) is 11.2. The SMILES string of the molecule is C[C@H](NP(C)(=O)Oc1cccc2ccccc12)C(=S)OCc1ccccc1. The zero-order valence-electron chi connectivity index (χ0n) is 15.3. The van der Waals surface area contributed by atoms with Gasteiger partial charge in [-0.25, -0.2) is 5.09 Å². The van der Waals surface area contributed by atoms with E-state index in [1.54, 1.807) is 6.66 Å². The zero-order valence-corrected chi connectivity index (χ0v) is 17.0. The second-order valence-electron chi connectivity index (χ2n) is 6.36. The van der Waals surface area contributed by atoms with Crippen LogP contribution in [0.2, 0.25) is 0 Å². The molecule has 2 atom stereocenters. The van der Waals surface area contributed by atoms with Crippen LogP contribution in [0, 0.1) is 0 Å². The van der Waals surface area contributed by atoms with Crippen LogP contribution < -0.4 is 9.61 Å². The van der Waals surface area contributed by atoms with Crippen molar-refractivity contribution >= 4 is 35.6 Å². The highest BCUT2D eigenvalue weighted by atomic mass is 32.1. The van der Waals surface area contributed by atoms with Crippen molar-refractivity contribution in [2.24, 2.45) is 0 Å². The third-order valence-electron chi connectivity index (χ3n) is 4.03. The average molecular weight is 399 g/mol. The van der Waals surface area contributed by atoms with Gasteiger partial charge in [0.05, 0.1) is 6.04 Å². The standard InChI is InChI=1S/C21H22NO3PS/c1-16(21(27)24-15-17-9-4-3-5-10-17)22-26(2,23)25-20-14-8-12-18-11-6-7-13-19(18)20/h3-14,16H,15H2,1-2H3,(H,22,23)/t16-,26?/m0/s1. The molecule has 3 rings (SSSR count). The molecule has 6 heteroatoms. The molecule has 0 saturated carbocycles. The maximum Gasteiger partial charge on any atom is 0.314 e. The van der Waals surface area contributed by atoms with E-state index in [1.165, 1.54) is 0 Å². The fraction of sp³-hybridized carbons (Fsp3) is 0.190. The van der Waals surface area contributed by atoms with E-state index in [0.717, 1.165) is 16.3 Å². The fourth-order valence-corrected chi connectivity index (χ4v) is 4.36. The predicted molar refractivity (Wildman–Crippen MR) is 115 cm³/mol. The Morgan fingerprint density at radius 3 is 2.48 bits per heavy atom. The van der Waals surface area contributed by atoms with Gasteiger partial charge in [0.2, 0.25) is 0 Å². The van der Waals surface area contributed by atoms with Crippen LogP contribution in [-0.4, -0.2) is 17.8 Å².